The second-order valence-electron chi connectivity index (χ2n) is 8.14. The molecule has 7 nitrogen and oxygen atoms in total. The van der Waals surface area contributed by atoms with Gasteiger partial charge in [0, 0.05) is 13.1 Å². The van der Waals surface area contributed by atoms with Gasteiger partial charge < -0.3 is 15.0 Å². The predicted octanol–water partition coefficient (Wildman–Crippen LogP) is 1.70. The molecule has 0 aliphatic carbocycles. The van der Waals surface area contributed by atoms with Crippen molar-refractivity contribution in [2.24, 2.45) is 11.3 Å². The number of nitrogens with one attached hydrogen (secondary N) is 2. The van der Waals surface area contributed by atoms with Crippen LogP contribution < -0.4 is 14.8 Å². The van der Waals surface area contributed by atoms with E-state index in [1.54, 1.807) is 12.1 Å². The summed E-state index contributed by atoms with van der Waals surface area (Å²) in [7, 11) is 1.64. The van der Waals surface area contributed by atoms with Gasteiger partial charge in [0.05, 0.1) is 12.0 Å². The van der Waals surface area contributed by atoms with Gasteiger partial charge >= 0.3 is 0 Å². The minimum Gasteiger partial charge on any atom is -0.497 e. The number of carbonyl (C=O) groups excluding carboxylic acids is 1. The Morgan fingerprint density at radius 2 is 1.74 bits per heavy atom. The maximum absolute atomic E-state index is 12.7. The molecular weight excluding hydrogens is 366 g/mol. The highest BCUT2D eigenvalue weighted by Gasteiger charge is 2.29. The van der Waals surface area contributed by atoms with Crippen molar-refractivity contribution < 1.29 is 17.9 Å². The number of methoxy groups -OCH3 is 1. The Hall–Kier alpha value is -1.64. The predicted molar refractivity (Wildman–Crippen MR) is 107 cm³/mol. The molecule has 0 saturated heterocycles. The van der Waals surface area contributed by atoms with Crippen LogP contribution in [0.25, 0.3) is 0 Å². The van der Waals surface area contributed by atoms with Crippen LogP contribution in [0.1, 0.15) is 27.7 Å². The maximum atomic E-state index is 12.7. The van der Waals surface area contributed by atoms with Crippen LogP contribution in [0.4, 0.5) is 0 Å². The van der Waals surface area contributed by atoms with Crippen LogP contribution in [-0.4, -0.2) is 59.6 Å². The minimum absolute atomic E-state index is 0.0923. The highest BCUT2D eigenvalue weighted by molar-refractivity contribution is 7.89. The molecule has 1 amide bonds. The van der Waals surface area contributed by atoms with Crippen molar-refractivity contribution in [3.63, 3.8) is 0 Å². The Kier molecular flexibility index (Phi) is 8.25. The van der Waals surface area contributed by atoms with Crippen LogP contribution in [0.2, 0.25) is 0 Å². The molecule has 0 spiro atoms. The quantitative estimate of drug-likeness (QED) is 0.625. The third-order valence-electron chi connectivity index (χ3n) is 4.09. The number of hydrogen-bond acceptors (Lipinski definition) is 5. The zero-order valence-corrected chi connectivity index (χ0v) is 18.2. The molecule has 0 saturated carbocycles. The van der Waals surface area contributed by atoms with Crippen LogP contribution in [0.3, 0.4) is 0 Å². The lowest BCUT2D eigenvalue weighted by molar-refractivity contribution is -0.124. The summed E-state index contributed by atoms with van der Waals surface area (Å²) in [6.45, 7) is 8.99. The largest absolute Gasteiger partial charge is 0.497 e. The average Bonchev–Trinajstić information content (AvgIpc) is 2.56. The van der Waals surface area contributed by atoms with Gasteiger partial charge in [0.25, 0.3) is 0 Å². The standard InChI is InChI=1S/C19H33N3O4S/c1-14(2)17(18(23)20-12-19(3,4)13-22(5)6)21-27(24,25)16-10-8-15(26-7)9-11-16/h8-11,14,17,21H,12-13H2,1-7H3,(H,20,23)/t17-/m0/s1. The lowest BCUT2D eigenvalue weighted by Gasteiger charge is -2.30. The molecule has 0 aromatic heterocycles. The first-order valence-electron chi connectivity index (χ1n) is 8.97. The van der Waals surface area contributed by atoms with Crippen molar-refractivity contribution in [3.8, 4) is 5.75 Å². The van der Waals surface area contributed by atoms with E-state index in [4.69, 9.17) is 4.74 Å². The topological polar surface area (TPSA) is 87.7 Å². The molecule has 0 radical (unpaired) electrons. The van der Waals surface area contributed by atoms with E-state index >= 15 is 0 Å². The lowest BCUT2D eigenvalue weighted by Crippen LogP contribution is -2.51. The van der Waals surface area contributed by atoms with Gasteiger partial charge in [-0.1, -0.05) is 27.7 Å². The Morgan fingerprint density at radius 3 is 2.19 bits per heavy atom. The molecule has 0 unspecified atom stereocenters. The number of sulfonamides is 1. The van der Waals surface area contributed by atoms with E-state index in [0.717, 1.165) is 6.54 Å². The molecular formula is C19H33N3O4S. The van der Waals surface area contributed by atoms with Crippen molar-refractivity contribution >= 4 is 15.9 Å². The smallest absolute Gasteiger partial charge is 0.241 e. The summed E-state index contributed by atoms with van der Waals surface area (Å²) in [6.07, 6.45) is 0. The van der Waals surface area contributed by atoms with E-state index in [-0.39, 0.29) is 22.1 Å². The molecule has 2 N–H and O–H groups in total. The van der Waals surface area contributed by atoms with E-state index < -0.39 is 16.1 Å². The number of amides is 1. The third kappa shape index (κ3) is 7.48. The minimum atomic E-state index is -3.82. The number of carbonyl (C=O) groups is 1. The zero-order chi connectivity index (χ0) is 20.8. The second-order valence-corrected chi connectivity index (χ2v) is 9.85. The van der Waals surface area contributed by atoms with Crippen LogP contribution in [0, 0.1) is 11.3 Å². The molecule has 1 rings (SSSR count). The van der Waals surface area contributed by atoms with Crippen LogP contribution in [0.15, 0.2) is 29.2 Å². The van der Waals surface area contributed by atoms with E-state index in [1.165, 1.54) is 19.2 Å². The number of rotatable bonds is 10. The van der Waals surface area contributed by atoms with Gasteiger partial charge in [0.2, 0.25) is 15.9 Å². The van der Waals surface area contributed by atoms with Gasteiger partial charge in [-0.3, -0.25) is 4.79 Å². The molecule has 1 atom stereocenters. The summed E-state index contributed by atoms with van der Waals surface area (Å²) >= 11 is 0. The third-order valence-corrected chi connectivity index (χ3v) is 5.54. The van der Waals surface area contributed by atoms with Gasteiger partial charge in [-0.2, -0.15) is 4.72 Å². The maximum Gasteiger partial charge on any atom is 0.241 e. The normalized spacial score (nSPS) is 13.7. The van der Waals surface area contributed by atoms with E-state index in [0.29, 0.717) is 12.3 Å². The fourth-order valence-electron chi connectivity index (χ4n) is 2.83. The molecule has 27 heavy (non-hydrogen) atoms. The van der Waals surface area contributed by atoms with E-state index in [9.17, 15) is 13.2 Å². The Morgan fingerprint density at radius 1 is 1.19 bits per heavy atom. The first-order valence-corrected chi connectivity index (χ1v) is 10.4. The molecule has 0 aliphatic heterocycles. The van der Waals surface area contributed by atoms with Crippen molar-refractivity contribution in [3.05, 3.63) is 24.3 Å². The number of hydrogen-bond donors (Lipinski definition) is 2. The first-order chi connectivity index (χ1) is 12.4. The molecule has 0 fully saturated rings. The Bertz CT molecular complexity index is 713. The fourth-order valence-corrected chi connectivity index (χ4v) is 4.17. The monoisotopic (exact) mass is 399 g/mol. The number of ether oxygens (including phenoxy) is 1. The van der Waals surface area contributed by atoms with Crippen molar-refractivity contribution in [1.82, 2.24) is 14.9 Å². The SMILES string of the molecule is COc1ccc(S(=O)(=O)N[C@H](C(=O)NCC(C)(C)CN(C)C)C(C)C)cc1. The molecule has 154 valence electrons. The highest BCUT2D eigenvalue weighted by Crippen LogP contribution is 2.18. The lowest BCUT2D eigenvalue weighted by atomic mass is 9.92. The molecule has 0 bridgehead atoms. The van der Waals surface area contributed by atoms with Gasteiger partial charge in [-0.05, 0) is 49.7 Å². The zero-order valence-electron chi connectivity index (χ0n) is 17.4. The number of benzene rings is 1. The van der Waals surface area contributed by atoms with Crippen LogP contribution in [-0.2, 0) is 14.8 Å². The van der Waals surface area contributed by atoms with Crippen LogP contribution in [0.5, 0.6) is 5.75 Å². The molecule has 1 aromatic rings. The summed E-state index contributed by atoms with van der Waals surface area (Å²) in [5, 5.41) is 2.89. The molecule has 8 heteroatoms. The van der Waals surface area contributed by atoms with E-state index in [1.807, 2.05) is 27.9 Å². The molecule has 0 heterocycles. The summed E-state index contributed by atoms with van der Waals surface area (Å²) in [5.41, 5.74) is -0.129. The molecule has 0 aliphatic rings. The van der Waals surface area contributed by atoms with Gasteiger partial charge in [-0.25, -0.2) is 8.42 Å². The Balaban J connectivity index is 2.86. The average molecular weight is 400 g/mol. The first kappa shape index (κ1) is 23.4. The van der Waals surface area contributed by atoms with Gasteiger partial charge in [0.1, 0.15) is 11.8 Å². The summed E-state index contributed by atoms with van der Waals surface area (Å²) in [5.74, 6) is 0.0409. The summed E-state index contributed by atoms with van der Waals surface area (Å²) < 4.78 is 32.9. The van der Waals surface area contributed by atoms with Crippen LogP contribution >= 0.6 is 0 Å². The van der Waals surface area contributed by atoms with Crippen molar-refractivity contribution in [2.45, 2.75) is 38.6 Å². The molecule has 1 aromatic carbocycles. The van der Waals surface area contributed by atoms with E-state index in [2.05, 4.69) is 28.8 Å². The highest BCUT2D eigenvalue weighted by atomic mass is 32.2. The fraction of sp³-hybridized carbons (Fsp3) is 0.632. The van der Waals surface area contributed by atoms with Gasteiger partial charge in [0.15, 0.2) is 0 Å². The second kappa shape index (κ2) is 9.52. The Labute approximate surface area is 163 Å². The van der Waals surface area contributed by atoms with Gasteiger partial charge in [-0.15, -0.1) is 0 Å². The van der Waals surface area contributed by atoms with Crippen molar-refractivity contribution in [1.29, 1.82) is 0 Å². The number of nitrogens with zero attached hydrogens (tertiary/aromatic N) is 1. The van der Waals surface area contributed by atoms with Crippen molar-refractivity contribution in [2.75, 3.05) is 34.3 Å². The summed E-state index contributed by atoms with van der Waals surface area (Å²) in [4.78, 5) is 14.8. The summed E-state index contributed by atoms with van der Waals surface area (Å²) in [6, 6.07) is 5.20.